The van der Waals surface area contributed by atoms with Gasteiger partial charge < -0.3 is 9.88 Å². The molecule has 108 valence electrons. The second kappa shape index (κ2) is 6.91. The number of aromatic nitrogens is 1. The average Bonchev–Trinajstić information content (AvgIpc) is 2.82. The second-order valence-corrected chi connectivity index (χ2v) is 5.74. The number of nitrogens with zero attached hydrogens (tertiary/aromatic N) is 1. The number of benzene rings is 1. The summed E-state index contributed by atoms with van der Waals surface area (Å²) in [6.45, 7) is 6.73. The molecule has 0 amide bonds. The fourth-order valence-corrected chi connectivity index (χ4v) is 2.29. The van der Waals surface area contributed by atoms with Crippen LogP contribution in [0.25, 0.3) is 0 Å². The summed E-state index contributed by atoms with van der Waals surface area (Å²) in [7, 11) is 0. The van der Waals surface area contributed by atoms with Crippen LogP contribution >= 0.6 is 11.6 Å². The Morgan fingerprint density at radius 3 is 2.80 bits per heavy atom. The molecular formula is C16H20ClFN2. The summed E-state index contributed by atoms with van der Waals surface area (Å²) in [6.07, 6.45) is 1.99. The average molecular weight is 295 g/mol. The van der Waals surface area contributed by atoms with E-state index in [1.807, 2.05) is 18.3 Å². The molecule has 4 heteroatoms. The van der Waals surface area contributed by atoms with E-state index in [4.69, 9.17) is 11.6 Å². The van der Waals surface area contributed by atoms with Gasteiger partial charge in [-0.25, -0.2) is 4.39 Å². The van der Waals surface area contributed by atoms with Gasteiger partial charge >= 0.3 is 0 Å². The first-order valence-electron chi connectivity index (χ1n) is 6.85. The first kappa shape index (κ1) is 15.1. The molecule has 2 rings (SSSR count). The third-order valence-corrected chi connectivity index (χ3v) is 3.58. The third-order valence-electron chi connectivity index (χ3n) is 3.15. The maximum Gasteiger partial charge on any atom is 0.142 e. The highest BCUT2D eigenvalue weighted by Gasteiger charge is 2.08. The van der Waals surface area contributed by atoms with Crippen LogP contribution < -0.4 is 5.32 Å². The SMILES string of the molecule is CC(C)CNCc1cccn1Cc1cccc(F)c1Cl. The van der Waals surface area contributed by atoms with Crippen LogP contribution in [0.5, 0.6) is 0 Å². The molecule has 0 bridgehead atoms. The van der Waals surface area contributed by atoms with Crippen molar-refractivity contribution in [1.29, 1.82) is 0 Å². The van der Waals surface area contributed by atoms with Crippen LogP contribution in [0.3, 0.4) is 0 Å². The zero-order valence-electron chi connectivity index (χ0n) is 11.9. The van der Waals surface area contributed by atoms with Gasteiger partial charge in [-0.2, -0.15) is 0 Å². The Labute approximate surface area is 124 Å². The topological polar surface area (TPSA) is 17.0 Å². The summed E-state index contributed by atoms with van der Waals surface area (Å²) < 4.78 is 15.5. The Morgan fingerprint density at radius 1 is 1.25 bits per heavy atom. The van der Waals surface area contributed by atoms with Crippen molar-refractivity contribution in [1.82, 2.24) is 9.88 Å². The van der Waals surface area contributed by atoms with Crippen LogP contribution in [-0.4, -0.2) is 11.1 Å². The van der Waals surface area contributed by atoms with Gasteiger partial charge in [-0.1, -0.05) is 37.6 Å². The second-order valence-electron chi connectivity index (χ2n) is 5.37. The highest BCUT2D eigenvalue weighted by molar-refractivity contribution is 6.31. The Kier molecular flexibility index (Phi) is 5.21. The highest BCUT2D eigenvalue weighted by atomic mass is 35.5. The molecule has 20 heavy (non-hydrogen) atoms. The predicted molar refractivity (Wildman–Crippen MR) is 81.5 cm³/mol. The van der Waals surface area contributed by atoms with E-state index in [0.717, 1.165) is 18.7 Å². The lowest BCUT2D eigenvalue weighted by atomic mass is 10.2. The molecule has 0 spiro atoms. The summed E-state index contributed by atoms with van der Waals surface area (Å²) in [5.74, 6) is 0.256. The molecule has 2 aromatic rings. The molecule has 0 aliphatic carbocycles. The van der Waals surface area contributed by atoms with Crippen LogP contribution in [0.2, 0.25) is 5.02 Å². The van der Waals surface area contributed by atoms with Gasteiger partial charge in [0.15, 0.2) is 0 Å². The summed E-state index contributed by atoms with van der Waals surface area (Å²) in [5.41, 5.74) is 1.97. The van der Waals surface area contributed by atoms with Gasteiger partial charge in [-0.15, -0.1) is 0 Å². The van der Waals surface area contributed by atoms with Gasteiger partial charge in [-0.3, -0.25) is 0 Å². The van der Waals surface area contributed by atoms with E-state index in [1.165, 1.54) is 11.8 Å². The molecule has 1 heterocycles. The van der Waals surface area contributed by atoms with Crippen molar-refractivity contribution >= 4 is 11.6 Å². The Balaban J connectivity index is 2.06. The number of halogens is 2. The monoisotopic (exact) mass is 294 g/mol. The number of hydrogen-bond acceptors (Lipinski definition) is 1. The minimum absolute atomic E-state index is 0.210. The zero-order valence-corrected chi connectivity index (χ0v) is 12.6. The number of nitrogens with one attached hydrogen (secondary N) is 1. The van der Waals surface area contributed by atoms with Crippen molar-refractivity contribution < 1.29 is 4.39 Å². The lowest BCUT2D eigenvalue weighted by Gasteiger charge is -2.12. The van der Waals surface area contributed by atoms with E-state index in [9.17, 15) is 4.39 Å². The molecule has 0 radical (unpaired) electrons. The Bertz CT molecular complexity index is 563. The van der Waals surface area contributed by atoms with Gasteiger partial charge in [0.05, 0.1) is 5.02 Å². The molecule has 1 aromatic carbocycles. The minimum Gasteiger partial charge on any atom is -0.346 e. The van der Waals surface area contributed by atoms with Gasteiger partial charge in [0, 0.05) is 25.0 Å². The maximum atomic E-state index is 13.4. The Hall–Kier alpha value is -1.32. The first-order chi connectivity index (χ1) is 9.58. The van der Waals surface area contributed by atoms with Gasteiger partial charge in [0.1, 0.15) is 5.82 Å². The third kappa shape index (κ3) is 3.84. The van der Waals surface area contributed by atoms with Gasteiger partial charge in [0.25, 0.3) is 0 Å². The molecule has 0 aliphatic heterocycles. The largest absolute Gasteiger partial charge is 0.346 e. The van der Waals surface area contributed by atoms with Crippen molar-refractivity contribution in [3.8, 4) is 0 Å². The van der Waals surface area contributed by atoms with Crippen LogP contribution in [0, 0.1) is 11.7 Å². The molecule has 0 aliphatic rings. The first-order valence-corrected chi connectivity index (χ1v) is 7.23. The lowest BCUT2D eigenvalue weighted by molar-refractivity contribution is 0.539. The van der Waals surface area contributed by atoms with Crippen LogP contribution in [0.1, 0.15) is 25.1 Å². The molecule has 1 aromatic heterocycles. The molecule has 0 unspecified atom stereocenters. The van der Waals surface area contributed by atoms with Crippen molar-refractivity contribution in [2.75, 3.05) is 6.54 Å². The fraction of sp³-hybridized carbons (Fsp3) is 0.375. The van der Waals surface area contributed by atoms with E-state index >= 15 is 0 Å². The van der Waals surface area contributed by atoms with Gasteiger partial charge in [-0.05, 0) is 36.2 Å². The summed E-state index contributed by atoms with van der Waals surface area (Å²) >= 11 is 6.00. The molecule has 1 N–H and O–H groups in total. The maximum absolute atomic E-state index is 13.4. The molecular weight excluding hydrogens is 275 g/mol. The number of hydrogen-bond donors (Lipinski definition) is 1. The van der Waals surface area contributed by atoms with Crippen molar-refractivity contribution in [2.45, 2.75) is 26.9 Å². The minimum atomic E-state index is -0.365. The molecule has 0 saturated heterocycles. The molecule has 0 saturated carbocycles. The van der Waals surface area contributed by atoms with Crippen LogP contribution in [-0.2, 0) is 13.1 Å². The normalized spacial score (nSPS) is 11.2. The summed E-state index contributed by atoms with van der Waals surface area (Å²) in [5, 5.41) is 3.62. The molecule has 2 nitrogen and oxygen atoms in total. The van der Waals surface area contributed by atoms with Crippen LogP contribution in [0.15, 0.2) is 36.5 Å². The zero-order chi connectivity index (χ0) is 14.5. The van der Waals surface area contributed by atoms with Crippen molar-refractivity contribution in [3.05, 3.63) is 58.6 Å². The van der Waals surface area contributed by atoms with Crippen LogP contribution in [0.4, 0.5) is 4.39 Å². The van der Waals surface area contributed by atoms with Gasteiger partial charge in [0.2, 0.25) is 0 Å². The Morgan fingerprint density at radius 2 is 2.05 bits per heavy atom. The molecule has 0 atom stereocenters. The fourth-order valence-electron chi connectivity index (χ4n) is 2.11. The van der Waals surface area contributed by atoms with E-state index in [-0.39, 0.29) is 10.8 Å². The molecule has 0 fully saturated rings. The van der Waals surface area contributed by atoms with Crippen molar-refractivity contribution in [2.24, 2.45) is 5.92 Å². The smallest absolute Gasteiger partial charge is 0.142 e. The quantitative estimate of drug-likeness (QED) is 0.849. The van der Waals surface area contributed by atoms with Crippen molar-refractivity contribution in [3.63, 3.8) is 0 Å². The van der Waals surface area contributed by atoms with E-state index < -0.39 is 0 Å². The summed E-state index contributed by atoms with van der Waals surface area (Å²) in [6, 6.07) is 9.00. The summed E-state index contributed by atoms with van der Waals surface area (Å²) in [4.78, 5) is 0. The van der Waals surface area contributed by atoms with E-state index in [1.54, 1.807) is 6.07 Å². The van der Waals surface area contributed by atoms with E-state index in [2.05, 4.69) is 29.8 Å². The number of rotatable bonds is 6. The standard InChI is InChI=1S/C16H20ClFN2/c1-12(2)9-19-10-14-6-4-8-20(14)11-13-5-3-7-15(18)16(13)17/h3-8,12,19H,9-11H2,1-2H3. The predicted octanol–water partition coefficient (Wildman–Crippen LogP) is 4.07. The van der Waals surface area contributed by atoms with E-state index in [0.29, 0.717) is 12.5 Å². The highest BCUT2D eigenvalue weighted by Crippen LogP contribution is 2.21. The lowest BCUT2D eigenvalue weighted by Crippen LogP contribution is -2.21.